The number of non-ortho nitro benzene ring substituents is 1. The molecular formula is C20H18ClN4O2-. The minimum atomic E-state index is -0.424. The molecule has 3 aromatic rings. The number of fused-ring (bicyclic) bond motifs is 1. The Labute approximate surface area is 163 Å². The van der Waals surface area contributed by atoms with E-state index in [2.05, 4.69) is 23.0 Å². The van der Waals surface area contributed by atoms with Crippen LogP contribution in [0.15, 0.2) is 73.8 Å². The van der Waals surface area contributed by atoms with E-state index >= 15 is 0 Å². The first kappa shape index (κ1) is 20.1. The molecule has 0 aliphatic rings. The molecule has 6 nitrogen and oxygen atoms in total. The summed E-state index contributed by atoms with van der Waals surface area (Å²) in [6.07, 6.45) is 3.62. The molecule has 0 aliphatic carbocycles. The Hall–Kier alpha value is -3.25. The Morgan fingerprint density at radius 3 is 2.22 bits per heavy atom. The zero-order valence-electron chi connectivity index (χ0n) is 14.6. The third-order valence-corrected chi connectivity index (χ3v) is 3.92. The second kappa shape index (κ2) is 8.91. The highest BCUT2D eigenvalue weighted by atomic mass is 35.5. The number of benzene rings is 2. The summed E-state index contributed by atoms with van der Waals surface area (Å²) in [5.74, 6) is 1.30. The number of para-hydroxylation sites is 1. The van der Waals surface area contributed by atoms with Crippen molar-refractivity contribution >= 4 is 22.4 Å². The first-order valence-electron chi connectivity index (χ1n) is 8.12. The Morgan fingerprint density at radius 2 is 1.63 bits per heavy atom. The van der Waals surface area contributed by atoms with Gasteiger partial charge in [0.15, 0.2) is 5.82 Å². The van der Waals surface area contributed by atoms with E-state index in [1.54, 1.807) is 12.1 Å². The fraction of sp³-hybridized carbons (Fsp3) is 0.100. The summed E-state index contributed by atoms with van der Waals surface area (Å²) in [7, 11) is 0. The summed E-state index contributed by atoms with van der Waals surface area (Å²) >= 11 is 0. The van der Waals surface area contributed by atoms with E-state index in [4.69, 9.17) is 4.98 Å². The molecule has 0 aliphatic heterocycles. The molecule has 1 heterocycles. The van der Waals surface area contributed by atoms with Gasteiger partial charge in [-0.25, -0.2) is 9.97 Å². The van der Waals surface area contributed by atoms with Gasteiger partial charge in [-0.1, -0.05) is 24.3 Å². The molecule has 0 radical (unpaired) electrons. The van der Waals surface area contributed by atoms with Gasteiger partial charge in [0.25, 0.3) is 5.69 Å². The molecular weight excluding hydrogens is 364 g/mol. The summed E-state index contributed by atoms with van der Waals surface area (Å²) in [6, 6.07) is 14.0. The number of rotatable bonds is 7. The van der Waals surface area contributed by atoms with E-state index in [0.717, 1.165) is 22.3 Å². The van der Waals surface area contributed by atoms with E-state index < -0.39 is 4.92 Å². The summed E-state index contributed by atoms with van der Waals surface area (Å²) in [5.41, 5.74) is 1.57. The van der Waals surface area contributed by atoms with Crippen LogP contribution in [-0.4, -0.2) is 28.0 Å². The third-order valence-electron chi connectivity index (χ3n) is 3.92. The molecule has 27 heavy (non-hydrogen) atoms. The highest BCUT2D eigenvalue weighted by Gasteiger charge is 2.14. The summed E-state index contributed by atoms with van der Waals surface area (Å²) < 4.78 is 0. The molecule has 0 amide bonds. The van der Waals surface area contributed by atoms with Crippen molar-refractivity contribution in [3.63, 3.8) is 0 Å². The van der Waals surface area contributed by atoms with Gasteiger partial charge in [0.2, 0.25) is 0 Å². The van der Waals surface area contributed by atoms with E-state index in [9.17, 15) is 10.1 Å². The van der Waals surface area contributed by atoms with Crippen molar-refractivity contribution in [1.82, 2.24) is 9.97 Å². The van der Waals surface area contributed by atoms with Crippen LogP contribution in [-0.2, 0) is 0 Å². The van der Waals surface area contributed by atoms with Crippen molar-refractivity contribution in [2.75, 3.05) is 18.0 Å². The van der Waals surface area contributed by atoms with Gasteiger partial charge in [-0.3, -0.25) is 10.1 Å². The van der Waals surface area contributed by atoms with Crippen LogP contribution < -0.4 is 17.3 Å². The van der Waals surface area contributed by atoms with Crippen LogP contribution in [0.5, 0.6) is 0 Å². The smallest absolute Gasteiger partial charge is 0.269 e. The van der Waals surface area contributed by atoms with Crippen molar-refractivity contribution in [3.8, 4) is 11.4 Å². The van der Waals surface area contributed by atoms with Gasteiger partial charge in [0.05, 0.1) is 10.4 Å². The maximum atomic E-state index is 10.9. The largest absolute Gasteiger partial charge is 1.00 e. The Balaban J connectivity index is 0.00000261. The summed E-state index contributed by atoms with van der Waals surface area (Å²) in [6.45, 7) is 8.86. The summed E-state index contributed by atoms with van der Waals surface area (Å²) in [4.78, 5) is 21.8. The van der Waals surface area contributed by atoms with Crippen LogP contribution >= 0.6 is 0 Å². The van der Waals surface area contributed by atoms with Crippen molar-refractivity contribution in [2.45, 2.75) is 0 Å². The number of nitro groups is 1. The highest BCUT2D eigenvalue weighted by molar-refractivity contribution is 5.91. The first-order valence-corrected chi connectivity index (χ1v) is 8.12. The average Bonchev–Trinajstić information content (AvgIpc) is 2.67. The minimum Gasteiger partial charge on any atom is -1.00 e. The molecule has 0 unspecified atom stereocenters. The van der Waals surface area contributed by atoms with Crippen molar-refractivity contribution in [3.05, 3.63) is 84.0 Å². The monoisotopic (exact) mass is 381 g/mol. The van der Waals surface area contributed by atoms with Crippen LogP contribution in [0.25, 0.3) is 22.3 Å². The maximum Gasteiger partial charge on any atom is 0.269 e. The molecule has 0 bridgehead atoms. The lowest BCUT2D eigenvalue weighted by molar-refractivity contribution is -0.384. The van der Waals surface area contributed by atoms with E-state index in [-0.39, 0.29) is 18.1 Å². The molecule has 3 rings (SSSR count). The molecule has 0 saturated carbocycles. The van der Waals surface area contributed by atoms with Gasteiger partial charge in [0, 0.05) is 36.2 Å². The molecule has 0 fully saturated rings. The molecule has 0 N–H and O–H groups in total. The normalized spacial score (nSPS) is 10.1. The predicted octanol–water partition coefficient (Wildman–Crippen LogP) is 1.39. The first-order chi connectivity index (χ1) is 12.6. The van der Waals surface area contributed by atoms with E-state index in [1.165, 1.54) is 12.1 Å². The number of nitro benzene ring substituents is 1. The number of hydrogen-bond acceptors (Lipinski definition) is 5. The van der Waals surface area contributed by atoms with Crippen LogP contribution in [0.4, 0.5) is 11.5 Å². The zero-order chi connectivity index (χ0) is 18.5. The van der Waals surface area contributed by atoms with E-state index in [0.29, 0.717) is 18.9 Å². The molecule has 138 valence electrons. The number of nitrogens with zero attached hydrogens (tertiary/aromatic N) is 4. The lowest BCUT2D eigenvalue weighted by atomic mass is 10.1. The molecule has 7 heteroatoms. The van der Waals surface area contributed by atoms with Crippen LogP contribution in [0, 0.1) is 10.1 Å². The standard InChI is InChI=1S/C20H18N4O2.ClH/c1-3-13-23(14-4-2)20-17-7-5-6-8-18(17)21-19(22-20)15-9-11-16(12-10-15)24(25)26;/h3-12H,1-2,13-14H2;1H/p-1. The predicted molar refractivity (Wildman–Crippen MR) is 104 cm³/mol. The Bertz CT molecular complexity index is 963. The number of halogens is 1. The molecule has 0 atom stereocenters. The quantitative estimate of drug-likeness (QED) is 0.351. The highest BCUT2D eigenvalue weighted by Crippen LogP contribution is 2.28. The summed E-state index contributed by atoms with van der Waals surface area (Å²) in [5, 5.41) is 11.8. The fourth-order valence-electron chi connectivity index (χ4n) is 2.72. The van der Waals surface area contributed by atoms with Crippen molar-refractivity contribution in [1.29, 1.82) is 0 Å². The van der Waals surface area contributed by atoms with Crippen LogP contribution in [0.2, 0.25) is 0 Å². The van der Waals surface area contributed by atoms with Crippen LogP contribution in [0.1, 0.15) is 0 Å². The van der Waals surface area contributed by atoms with Gasteiger partial charge in [0.1, 0.15) is 5.82 Å². The molecule has 2 aromatic carbocycles. The van der Waals surface area contributed by atoms with Gasteiger partial charge in [-0.05, 0) is 24.3 Å². The van der Waals surface area contributed by atoms with Crippen molar-refractivity contribution in [2.24, 2.45) is 0 Å². The average molecular weight is 382 g/mol. The van der Waals surface area contributed by atoms with Gasteiger partial charge in [-0.15, -0.1) is 13.2 Å². The molecule has 1 aromatic heterocycles. The van der Waals surface area contributed by atoms with Gasteiger partial charge < -0.3 is 17.3 Å². The number of anilines is 1. The third kappa shape index (κ3) is 4.30. The van der Waals surface area contributed by atoms with Crippen molar-refractivity contribution < 1.29 is 17.3 Å². The zero-order valence-corrected chi connectivity index (χ0v) is 15.3. The fourth-order valence-corrected chi connectivity index (χ4v) is 2.72. The second-order valence-corrected chi connectivity index (χ2v) is 5.67. The number of aromatic nitrogens is 2. The molecule has 0 saturated heterocycles. The second-order valence-electron chi connectivity index (χ2n) is 5.67. The topological polar surface area (TPSA) is 72.2 Å². The SMILES string of the molecule is C=CCN(CC=C)c1nc(-c2ccc([N+](=O)[O-])cc2)nc2ccccc12.[Cl-]. The number of hydrogen-bond donors (Lipinski definition) is 0. The van der Waals surface area contributed by atoms with E-state index in [1.807, 2.05) is 36.4 Å². The lowest BCUT2D eigenvalue weighted by Crippen LogP contribution is -3.00. The van der Waals surface area contributed by atoms with Gasteiger partial charge in [-0.2, -0.15) is 0 Å². The minimum absolute atomic E-state index is 0. The van der Waals surface area contributed by atoms with Crippen LogP contribution in [0.3, 0.4) is 0 Å². The Kier molecular flexibility index (Phi) is 6.62. The maximum absolute atomic E-state index is 10.9. The van der Waals surface area contributed by atoms with Gasteiger partial charge >= 0.3 is 0 Å². The molecule has 0 spiro atoms. The lowest BCUT2D eigenvalue weighted by Gasteiger charge is -2.22. The Morgan fingerprint density at radius 1 is 1.00 bits per heavy atom.